The Labute approximate surface area is 293 Å². The van der Waals surface area contributed by atoms with Gasteiger partial charge in [0.05, 0.1) is 22.4 Å². The van der Waals surface area contributed by atoms with Crippen molar-refractivity contribution in [1.29, 1.82) is 0 Å². The summed E-state index contributed by atoms with van der Waals surface area (Å²) in [5.74, 6) is 0.726. The van der Waals surface area contributed by atoms with Crippen LogP contribution in [0.25, 0.3) is 92.7 Å². The van der Waals surface area contributed by atoms with Crippen molar-refractivity contribution in [3.63, 3.8) is 0 Å². The molecular formula is C46H29N3S. The first kappa shape index (κ1) is 28.6. The van der Waals surface area contributed by atoms with Gasteiger partial charge in [-0.15, -0.1) is 11.3 Å². The highest BCUT2D eigenvalue weighted by Crippen LogP contribution is 2.46. The van der Waals surface area contributed by atoms with Crippen molar-refractivity contribution in [1.82, 2.24) is 14.5 Å². The van der Waals surface area contributed by atoms with Gasteiger partial charge in [0.15, 0.2) is 5.82 Å². The molecule has 0 aliphatic heterocycles. The first-order valence-electron chi connectivity index (χ1n) is 16.8. The average Bonchev–Trinajstić information content (AvgIpc) is 3.75. The van der Waals surface area contributed by atoms with E-state index < -0.39 is 0 Å². The third-order valence-electron chi connectivity index (χ3n) is 9.64. The van der Waals surface area contributed by atoms with Crippen LogP contribution < -0.4 is 0 Å². The molecule has 10 aromatic rings. The van der Waals surface area contributed by atoms with Gasteiger partial charge in [0, 0.05) is 53.3 Å². The number of benzene rings is 7. The van der Waals surface area contributed by atoms with Crippen LogP contribution in [0.15, 0.2) is 176 Å². The highest BCUT2D eigenvalue weighted by molar-refractivity contribution is 7.27. The molecule has 0 N–H and O–H groups in total. The molecular weight excluding hydrogens is 627 g/mol. The molecule has 3 heterocycles. The van der Waals surface area contributed by atoms with Gasteiger partial charge in [-0.3, -0.25) is 0 Å². The van der Waals surface area contributed by atoms with Gasteiger partial charge in [-0.25, -0.2) is 9.97 Å². The quantitative estimate of drug-likeness (QED) is 0.185. The fourth-order valence-electron chi connectivity index (χ4n) is 7.28. The summed E-state index contributed by atoms with van der Waals surface area (Å²) in [4.78, 5) is 10.2. The standard InChI is InChI=1S/C46H29N3S/c1-4-13-30(14-5-1)31-23-25-34(26-24-31)49-41-22-11-10-19-38(41)43-42(49)28-27-36-35-20-12-21-37(44(35)50-45(36)43)40-29-39(32-15-6-2-7-16-32)47-46(48-40)33-17-8-3-9-18-33/h1-29H. The van der Waals surface area contributed by atoms with E-state index in [0.29, 0.717) is 0 Å². The van der Waals surface area contributed by atoms with Crippen molar-refractivity contribution in [3.8, 4) is 50.7 Å². The van der Waals surface area contributed by atoms with Crippen molar-refractivity contribution in [3.05, 3.63) is 176 Å². The zero-order valence-corrected chi connectivity index (χ0v) is 27.8. The molecule has 7 aromatic carbocycles. The maximum atomic E-state index is 5.20. The lowest BCUT2D eigenvalue weighted by Gasteiger charge is -2.10. The largest absolute Gasteiger partial charge is 0.309 e. The smallest absolute Gasteiger partial charge is 0.160 e. The molecule has 0 amide bonds. The van der Waals surface area contributed by atoms with Gasteiger partial charge >= 0.3 is 0 Å². The molecule has 0 aliphatic rings. The Morgan fingerprint density at radius 1 is 0.400 bits per heavy atom. The molecule has 0 saturated carbocycles. The van der Waals surface area contributed by atoms with E-state index in [4.69, 9.17) is 9.97 Å². The van der Waals surface area contributed by atoms with E-state index in [-0.39, 0.29) is 0 Å². The molecule has 3 aromatic heterocycles. The second kappa shape index (κ2) is 11.7. The van der Waals surface area contributed by atoms with E-state index in [1.165, 1.54) is 53.1 Å². The third kappa shape index (κ3) is 4.65. The van der Waals surface area contributed by atoms with E-state index in [2.05, 4.69) is 156 Å². The van der Waals surface area contributed by atoms with Crippen LogP contribution in [-0.2, 0) is 0 Å². The lowest BCUT2D eigenvalue weighted by Crippen LogP contribution is -1.95. The predicted molar refractivity (Wildman–Crippen MR) is 211 cm³/mol. The summed E-state index contributed by atoms with van der Waals surface area (Å²) in [6, 6.07) is 62.3. The van der Waals surface area contributed by atoms with E-state index in [1.807, 2.05) is 35.6 Å². The Morgan fingerprint density at radius 2 is 1.00 bits per heavy atom. The molecule has 0 bridgehead atoms. The summed E-state index contributed by atoms with van der Waals surface area (Å²) in [6.45, 7) is 0. The van der Waals surface area contributed by atoms with E-state index in [9.17, 15) is 0 Å². The minimum Gasteiger partial charge on any atom is -0.309 e. The van der Waals surface area contributed by atoms with Crippen LogP contribution in [-0.4, -0.2) is 14.5 Å². The molecule has 0 fully saturated rings. The first-order chi connectivity index (χ1) is 24.8. The number of para-hydroxylation sites is 1. The van der Waals surface area contributed by atoms with Gasteiger partial charge in [-0.2, -0.15) is 0 Å². The monoisotopic (exact) mass is 655 g/mol. The van der Waals surface area contributed by atoms with Crippen LogP contribution in [0.4, 0.5) is 0 Å². The van der Waals surface area contributed by atoms with Crippen LogP contribution in [0.5, 0.6) is 0 Å². The zero-order chi connectivity index (χ0) is 33.0. The van der Waals surface area contributed by atoms with Crippen LogP contribution in [0, 0.1) is 0 Å². The molecule has 234 valence electrons. The second-order valence-corrected chi connectivity index (χ2v) is 13.6. The average molecular weight is 656 g/mol. The molecule has 50 heavy (non-hydrogen) atoms. The van der Waals surface area contributed by atoms with Gasteiger partial charge in [0.2, 0.25) is 0 Å². The molecule has 0 radical (unpaired) electrons. The number of thiophene rings is 1. The number of hydrogen-bond acceptors (Lipinski definition) is 3. The van der Waals surface area contributed by atoms with Crippen molar-refractivity contribution >= 4 is 53.3 Å². The normalized spacial score (nSPS) is 11.6. The van der Waals surface area contributed by atoms with Gasteiger partial charge in [-0.1, -0.05) is 146 Å². The zero-order valence-electron chi connectivity index (χ0n) is 27.0. The van der Waals surface area contributed by atoms with Gasteiger partial charge in [-0.05, 0) is 41.5 Å². The van der Waals surface area contributed by atoms with Crippen molar-refractivity contribution in [2.24, 2.45) is 0 Å². The molecule has 0 atom stereocenters. The summed E-state index contributed by atoms with van der Waals surface area (Å²) in [5.41, 5.74) is 11.0. The fourth-order valence-corrected chi connectivity index (χ4v) is 8.66. The summed E-state index contributed by atoms with van der Waals surface area (Å²) >= 11 is 1.87. The predicted octanol–water partition coefficient (Wildman–Crippen LogP) is 12.6. The Bertz CT molecular complexity index is 2780. The van der Waals surface area contributed by atoms with Crippen LogP contribution in [0.2, 0.25) is 0 Å². The molecule has 10 rings (SSSR count). The molecule has 0 unspecified atom stereocenters. The SMILES string of the molecule is c1ccc(-c2ccc(-n3c4ccccc4c4c5sc6c(-c7cc(-c8ccccc8)nc(-c8ccccc8)n7)cccc6c5ccc43)cc2)cc1. The van der Waals surface area contributed by atoms with Crippen LogP contribution >= 0.6 is 11.3 Å². The lowest BCUT2D eigenvalue weighted by atomic mass is 10.0. The van der Waals surface area contributed by atoms with Gasteiger partial charge in [0.25, 0.3) is 0 Å². The second-order valence-electron chi connectivity index (χ2n) is 12.6. The van der Waals surface area contributed by atoms with E-state index >= 15 is 0 Å². The summed E-state index contributed by atoms with van der Waals surface area (Å²) in [7, 11) is 0. The Kier molecular flexibility index (Phi) is 6.68. The Morgan fingerprint density at radius 3 is 1.76 bits per heavy atom. The Balaban J connectivity index is 1.19. The number of hydrogen-bond donors (Lipinski definition) is 0. The number of fused-ring (bicyclic) bond motifs is 7. The molecule has 4 heteroatoms. The minimum atomic E-state index is 0.726. The van der Waals surface area contributed by atoms with E-state index in [0.717, 1.165) is 39.6 Å². The minimum absolute atomic E-state index is 0.726. The maximum Gasteiger partial charge on any atom is 0.160 e. The first-order valence-corrected chi connectivity index (χ1v) is 17.7. The number of rotatable bonds is 5. The molecule has 0 spiro atoms. The molecule has 3 nitrogen and oxygen atoms in total. The summed E-state index contributed by atoms with van der Waals surface area (Å²) < 4.78 is 4.93. The number of nitrogens with zero attached hydrogens (tertiary/aromatic N) is 3. The van der Waals surface area contributed by atoms with Crippen LogP contribution in [0.3, 0.4) is 0 Å². The summed E-state index contributed by atoms with van der Waals surface area (Å²) in [5, 5.41) is 5.06. The Hall–Kier alpha value is -6.36. The maximum absolute atomic E-state index is 5.20. The molecule has 0 saturated heterocycles. The lowest BCUT2D eigenvalue weighted by molar-refractivity contribution is 1.18. The topological polar surface area (TPSA) is 30.7 Å². The van der Waals surface area contributed by atoms with Crippen molar-refractivity contribution in [2.45, 2.75) is 0 Å². The third-order valence-corrected chi connectivity index (χ3v) is 10.9. The number of aromatic nitrogens is 3. The highest BCUT2D eigenvalue weighted by Gasteiger charge is 2.20. The summed E-state index contributed by atoms with van der Waals surface area (Å²) in [6.07, 6.45) is 0. The van der Waals surface area contributed by atoms with Crippen LogP contribution in [0.1, 0.15) is 0 Å². The fraction of sp³-hybridized carbons (Fsp3) is 0. The van der Waals surface area contributed by atoms with Crippen molar-refractivity contribution in [2.75, 3.05) is 0 Å². The highest BCUT2D eigenvalue weighted by atomic mass is 32.1. The molecule has 0 aliphatic carbocycles. The van der Waals surface area contributed by atoms with E-state index in [1.54, 1.807) is 0 Å². The van der Waals surface area contributed by atoms with Gasteiger partial charge < -0.3 is 4.57 Å². The van der Waals surface area contributed by atoms with Gasteiger partial charge in [0.1, 0.15) is 0 Å². The van der Waals surface area contributed by atoms with Crippen molar-refractivity contribution < 1.29 is 0 Å².